The van der Waals surface area contributed by atoms with Crippen LogP contribution < -0.4 is 0 Å². The zero-order chi connectivity index (χ0) is 26.3. The summed E-state index contributed by atoms with van der Waals surface area (Å²) in [7, 11) is 3.58. The molecular weight excluding hydrogens is 481 g/mol. The Kier molecular flexibility index (Phi) is 22.9. The summed E-state index contributed by atoms with van der Waals surface area (Å²) in [6.45, 7) is 3.12. The summed E-state index contributed by atoms with van der Waals surface area (Å²) < 4.78 is 28.2. The van der Waals surface area contributed by atoms with Crippen LogP contribution in [0.4, 0.5) is 0 Å². The van der Waals surface area contributed by atoms with Gasteiger partial charge in [0.1, 0.15) is 13.2 Å². The van der Waals surface area contributed by atoms with Gasteiger partial charge in [-0.2, -0.15) is 11.8 Å². The van der Waals surface area contributed by atoms with Gasteiger partial charge in [0.25, 0.3) is 0 Å². The number of allylic oxidation sites excluding steroid dienone is 4. The van der Waals surface area contributed by atoms with Gasteiger partial charge in [0.2, 0.25) is 0 Å². The summed E-state index contributed by atoms with van der Waals surface area (Å²) >= 11 is 1.81. The van der Waals surface area contributed by atoms with E-state index in [-0.39, 0.29) is 19.3 Å². The van der Waals surface area contributed by atoms with Crippen LogP contribution in [0.1, 0.15) is 84.0 Å². The molecule has 0 aromatic rings. The average molecular weight is 537 g/mol. The molecule has 0 saturated carbocycles. The van der Waals surface area contributed by atoms with Crippen molar-refractivity contribution < 1.29 is 27.7 Å². The summed E-state index contributed by atoms with van der Waals surface area (Å²) in [4.78, 5) is 9.82. The number of unbranched alkanes of at least 4 members (excludes halogenated alkanes) is 9. The fraction of sp³-hybridized carbons (Fsp3) is 0.852. The number of hydrogen-bond donors (Lipinski definition) is 1. The molecule has 2 atom stereocenters. The molecule has 6 nitrogen and oxygen atoms in total. The van der Waals surface area contributed by atoms with Crippen LogP contribution in [0.3, 0.4) is 0 Å². The van der Waals surface area contributed by atoms with Crippen molar-refractivity contribution in [3.63, 3.8) is 0 Å². The van der Waals surface area contributed by atoms with Gasteiger partial charge >= 0.3 is 7.82 Å². The number of phosphoric ester groups is 1. The zero-order valence-electron chi connectivity index (χ0n) is 23.3. The Morgan fingerprint density at radius 3 is 2.09 bits per heavy atom. The number of likely N-dealkylation sites (N-methyl/N-ethyl adjacent to an activating group) is 1. The first-order valence-corrected chi connectivity index (χ1v) is 16.2. The first-order valence-electron chi connectivity index (χ1n) is 13.5. The third kappa shape index (κ3) is 26.7. The second kappa shape index (κ2) is 23.0. The van der Waals surface area contributed by atoms with E-state index < -0.39 is 7.82 Å². The topological polar surface area (TPSA) is 65.0 Å². The molecule has 0 spiro atoms. The molecule has 0 aliphatic heterocycles. The van der Waals surface area contributed by atoms with E-state index in [1.54, 1.807) is 7.11 Å². The van der Waals surface area contributed by atoms with Crippen molar-refractivity contribution in [2.75, 3.05) is 59.5 Å². The van der Waals surface area contributed by atoms with Crippen LogP contribution in [0.5, 0.6) is 0 Å². The van der Waals surface area contributed by atoms with Crippen molar-refractivity contribution in [2.45, 2.75) is 90.1 Å². The number of quaternary nitrogens is 1. The third-order valence-electron chi connectivity index (χ3n) is 5.57. The van der Waals surface area contributed by atoms with E-state index in [0.717, 1.165) is 17.9 Å². The van der Waals surface area contributed by atoms with Crippen molar-refractivity contribution in [3.8, 4) is 0 Å². The van der Waals surface area contributed by atoms with Crippen LogP contribution in [-0.2, 0) is 18.3 Å². The number of methoxy groups -OCH3 is 1. The number of rotatable bonds is 25. The molecule has 8 heteroatoms. The molecule has 0 amide bonds. The third-order valence-corrected chi connectivity index (χ3v) is 7.74. The van der Waals surface area contributed by atoms with Gasteiger partial charge in [-0.15, -0.1) is 0 Å². The van der Waals surface area contributed by atoms with Gasteiger partial charge in [0, 0.05) is 12.9 Å². The Balaban J connectivity index is 3.60. The fourth-order valence-corrected chi connectivity index (χ4v) is 5.05. The molecule has 0 aliphatic carbocycles. The Morgan fingerprint density at radius 1 is 0.886 bits per heavy atom. The second-order valence-corrected chi connectivity index (χ2v) is 12.7. The van der Waals surface area contributed by atoms with E-state index in [1.165, 1.54) is 70.6 Å². The van der Waals surface area contributed by atoms with E-state index in [0.29, 0.717) is 11.0 Å². The summed E-state index contributed by atoms with van der Waals surface area (Å²) in [5.41, 5.74) is 0. The molecule has 1 N–H and O–H groups in total. The van der Waals surface area contributed by atoms with Crippen LogP contribution in [0.25, 0.3) is 0 Å². The number of hydrogen-bond acceptors (Lipinski definition) is 5. The highest BCUT2D eigenvalue weighted by atomic mass is 32.2. The maximum atomic E-state index is 12.0. The van der Waals surface area contributed by atoms with Crippen molar-refractivity contribution in [2.24, 2.45) is 0 Å². The lowest BCUT2D eigenvalue weighted by molar-refractivity contribution is -0.870. The first kappa shape index (κ1) is 34.9. The lowest BCUT2D eigenvalue weighted by Crippen LogP contribution is -2.37. The highest BCUT2D eigenvalue weighted by Gasteiger charge is 2.24. The largest absolute Gasteiger partial charge is 0.472 e. The Labute approximate surface area is 221 Å². The molecule has 0 aromatic carbocycles. The van der Waals surface area contributed by atoms with E-state index >= 15 is 0 Å². The molecular formula is C27H55NO5PS+. The summed E-state index contributed by atoms with van der Waals surface area (Å²) in [6.07, 6.45) is 24.1. The van der Waals surface area contributed by atoms with Crippen molar-refractivity contribution in [1.82, 2.24) is 0 Å². The summed E-state index contributed by atoms with van der Waals surface area (Å²) in [6, 6.07) is 0. The fourth-order valence-electron chi connectivity index (χ4n) is 3.24. The molecule has 2 unspecified atom stereocenters. The van der Waals surface area contributed by atoms with Gasteiger partial charge in [-0.3, -0.25) is 9.05 Å². The average Bonchev–Trinajstić information content (AvgIpc) is 2.79. The van der Waals surface area contributed by atoms with Crippen LogP contribution in [-0.4, -0.2) is 75.0 Å². The first-order chi connectivity index (χ1) is 16.7. The monoisotopic (exact) mass is 536 g/mol. The molecule has 0 aliphatic rings. The molecule has 0 bridgehead atoms. The maximum Gasteiger partial charge on any atom is 0.472 e. The molecule has 0 saturated heterocycles. The molecule has 0 heterocycles. The van der Waals surface area contributed by atoms with Gasteiger partial charge in [-0.1, -0.05) is 69.8 Å². The quantitative estimate of drug-likeness (QED) is 0.0568. The molecule has 0 aromatic heterocycles. The van der Waals surface area contributed by atoms with Crippen molar-refractivity contribution >= 4 is 19.6 Å². The van der Waals surface area contributed by atoms with E-state index in [2.05, 4.69) is 31.2 Å². The smallest absolute Gasteiger partial charge is 0.378 e. The van der Waals surface area contributed by atoms with Crippen LogP contribution >= 0.6 is 19.6 Å². The predicted molar refractivity (Wildman–Crippen MR) is 152 cm³/mol. The Morgan fingerprint density at radius 2 is 1.49 bits per heavy atom. The van der Waals surface area contributed by atoms with Crippen molar-refractivity contribution in [1.29, 1.82) is 0 Å². The minimum absolute atomic E-state index is 0.0609. The van der Waals surface area contributed by atoms with Gasteiger partial charge in [-0.05, 0) is 44.3 Å². The number of phosphoric acid groups is 1. The van der Waals surface area contributed by atoms with Gasteiger partial charge < -0.3 is 14.1 Å². The minimum Gasteiger partial charge on any atom is -0.378 e. The van der Waals surface area contributed by atoms with Gasteiger partial charge in [-0.25, -0.2) is 4.57 Å². The normalized spacial score (nSPS) is 15.3. The second-order valence-electron chi connectivity index (χ2n) is 10.1. The summed E-state index contributed by atoms with van der Waals surface area (Å²) in [5, 5.41) is 0. The van der Waals surface area contributed by atoms with Gasteiger partial charge in [0.05, 0.1) is 33.9 Å². The standard InChI is InChI=1S/C27H54NO5PS/c1-6-7-8-9-10-11-12-13-14-15-16-17-18-19-20-21-24-35-26-27(31-5)25-33-34(29,30)32-23-22-28(2,3)4/h10-11,13-14,27H,6-9,12,15-26H2,1-5H3/p+1. The predicted octanol–water partition coefficient (Wildman–Crippen LogP) is 7.39. The molecule has 0 rings (SSSR count). The lowest BCUT2D eigenvalue weighted by Gasteiger charge is -2.24. The summed E-state index contributed by atoms with van der Waals surface area (Å²) in [5.74, 6) is 1.82. The number of thioether (sulfide) groups is 1. The van der Waals surface area contributed by atoms with E-state index in [1.807, 2.05) is 32.9 Å². The Hall–Kier alpha value is -0.140. The van der Waals surface area contributed by atoms with Crippen LogP contribution in [0.2, 0.25) is 0 Å². The van der Waals surface area contributed by atoms with Crippen molar-refractivity contribution in [3.05, 3.63) is 24.3 Å². The maximum absolute atomic E-state index is 12.0. The molecule has 208 valence electrons. The van der Waals surface area contributed by atoms with Crippen LogP contribution in [0, 0.1) is 0 Å². The SMILES string of the molecule is CCCCCC=CCC=CCCCCCCCCSCC(COP(=O)(O)OCC[N+](C)(C)C)OC. The molecule has 35 heavy (non-hydrogen) atoms. The minimum atomic E-state index is -4.03. The molecule has 0 fully saturated rings. The Bertz CT molecular complexity index is 580. The lowest BCUT2D eigenvalue weighted by atomic mass is 10.1. The van der Waals surface area contributed by atoms with Crippen LogP contribution in [0.15, 0.2) is 24.3 Å². The molecule has 0 radical (unpaired) electrons. The highest BCUT2D eigenvalue weighted by Crippen LogP contribution is 2.43. The number of nitrogens with zero attached hydrogens (tertiary/aromatic N) is 1. The van der Waals surface area contributed by atoms with E-state index in [9.17, 15) is 9.46 Å². The zero-order valence-corrected chi connectivity index (χ0v) is 25.0. The van der Waals surface area contributed by atoms with Gasteiger partial charge in [0.15, 0.2) is 0 Å². The highest BCUT2D eigenvalue weighted by molar-refractivity contribution is 7.99. The number of ether oxygens (including phenoxy) is 1. The van der Waals surface area contributed by atoms with E-state index in [4.69, 9.17) is 13.8 Å².